The molecule has 198 valence electrons. The van der Waals surface area contributed by atoms with E-state index in [-0.39, 0.29) is 5.91 Å². The summed E-state index contributed by atoms with van der Waals surface area (Å²) < 4.78 is 26.7. The Bertz CT molecular complexity index is 1630. The number of carbonyl (C=O) groups is 1. The molecule has 1 aliphatic rings. The van der Waals surface area contributed by atoms with E-state index in [1.54, 1.807) is 12.4 Å². The van der Waals surface area contributed by atoms with Gasteiger partial charge in [0.2, 0.25) is 5.91 Å². The van der Waals surface area contributed by atoms with Gasteiger partial charge in [0.1, 0.15) is 17.4 Å². The maximum Gasteiger partial charge on any atom is 0.228 e. The van der Waals surface area contributed by atoms with Crippen LogP contribution in [0.2, 0.25) is 0 Å². The second-order valence-corrected chi connectivity index (χ2v) is 9.84. The first kappa shape index (κ1) is 24.9. The van der Waals surface area contributed by atoms with Crippen molar-refractivity contribution in [3.63, 3.8) is 0 Å². The van der Waals surface area contributed by atoms with E-state index >= 15 is 0 Å². The molecule has 0 radical (unpaired) electrons. The number of H-pyrrole nitrogens is 1. The monoisotopic (exact) mass is 526 g/mol. The Morgan fingerprint density at radius 1 is 0.897 bits per heavy atom. The number of anilines is 2. The quantitative estimate of drug-likeness (QED) is 0.314. The summed E-state index contributed by atoms with van der Waals surface area (Å²) in [5.41, 5.74) is 5.09. The van der Waals surface area contributed by atoms with E-state index in [4.69, 9.17) is 0 Å². The highest BCUT2D eigenvalue weighted by atomic mass is 19.2. The number of hydrogen-bond acceptors (Lipinski definition) is 5. The summed E-state index contributed by atoms with van der Waals surface area (Å²) in [6.45, 7) is 4.04. The molecule has 1 fully saturated rings. The van der Waals surface area contributed by atoms with E-state index < -0.39 is 11.6 Å². The van der Waals surface area contributed by atoms with Crippen molar-refractivity contribution < 1.29 is 13.6 Å². The van der Waals surface area contributed by atoms with Gasteiger partial charge in [-0.05, 0) is 47.9 Å². The molecular formula is C30H28F2N6O. The van der Waals surface area contributed by atoms with Gasteiger partial charge in [0.05, 0.1) is 6.42 Å². The number of halogens is 2. The molecule has 5 aromatic rings. The fourth-order valence-electron chi connectivity index (χ4n) is 5.15. The molecule has 2 aromatic heterocycles. The number of fused-ring (bicyclic) bond motifs is 3. The third-order valence-electron chi connectivity index (χ3n) is 7.23. The highest BCUT2D eigenvalue weighted by Gasteiger charge is 2.22. The average molecular weight is 527 g/mol. The predicted molar refractivity (Wildman–Crippen MR) is 149 cm³/mol. The second-order valence-electron chi connectivity index (χ2n) is 9.84. The van der Waals surface area contributed by atoms with Gasteiger partial charge >= 0.3 is 0 Å². The first-order valence-electron chi connectivity index (χ1n) is 13.0. The lowest BCUT2D eigenvalue weighted by atomic mass is 10.1. The van der Waals surface area contributed by atoms with Gasteiger partial charge in [-0.1, -0.05) is 36.4 Å². The van der Waals surface area contributed by atoms with E-state index in [0.29, 0.717) is 12.8 Å². The van der Waals surface area contributed by atoms with Crippen LogP contribution in [0.1, 0.15) is 11.1 Å². The minimum absolute atomic E-state index is 0.0712. The number of nitrogens with zero attached hydrogens (tertiary/aromatic N) is 4. The van der Waals surface area contributed by atoms with Crippen LogP contribution in [0, 0.1) is 11.6 Å². The fraction of sp³-hybridized carbons (Fsp3) is 0.233. The van der Waals surface area contributed by atoms with Gasteiger partial charge in [0.25, 0.3) is 0 Å². The minimum atomic E-state index is -0.815. The Morgan fingerprint density at radius 2 is 1.72 bits per heavy atom. The molecule has 39 heavy (non-hydrogen) atoms. The fourth-order valence-corrected chi connectivity index (χ4v) is 5.15. The maximum absolute atomic E-state index is 13.5. The van der Waals surface area contributed by atoms with Gasteiger partial charge in [-0.25, -0.2) is 18.7 Å². The topological polar surface area (TPSA) is 77.2 Å². The third kappa shape index (κ3) is 5.44. The molecule has 0 bridgehead atoms. The molecule has 1 aliphatic heterocycles. The highest BCUT2D eigenvalue weighted by Crippen LogP contribution is 2.31. The number of benzene rings is 3. The minimum Gasteiger partial charge on any atom is -0.352 e. The summed E-state index contributed by atoms with van der Waals surface area (Å²) in [5.74, 6) is -0.834. The molecule has 7 nitrogen and oxygen atoms in total. The van der Waals surface area contributed by atoms with Crippen molar-refractivity contribution in [3.8, 4) is 0 Å². The van der Waals surface area contributed by atoms with E-state index in [9.17, 15) is 13.6 Å². The van der Waals surface area contributed by atoms with Crippen molar-refractivity contribution in [1.29, 1.82) is 0 Å². The Labute approximate surface area is 224 Å². The van der Waals surface area contributed by atoms with Crippen LogP contribution in [-0.2, 0) is 17.6 Å². The zero-order valence-corrected chi connectivity index (χ0v) is 21.3. The van der Waals surface area contributed by atoms with Crippen LogP contribution in [0.5, 0.6) is 0 Å². The number of piperazine rings is 1. The molecule has 3 aromatic carbocycles. The summed E-state index contributed by atoms with van der Waals surface area (Å²) in [4.78, 5) is 29.8. The molecule has 0 atom stereocenters. The molecule has 6 rings (SSSR count). The maximum atomic E-state index is 13.5. The first-order chi connectivity index (χ1) is 19.0. The van der Waals surface area contributed by atoms with Crippen LogP contribution in [0.25, 0.3) is 21.9 Å². The number of nitrogens with one attached hydrogen (secondary N) is 2. The lowest BCUT2D eigenvalue weighted by Crippen LogP contribution is -2.47. The second kappa shape index (κ2) is 10.8. The number of hydrogen-bond donors (Lipinski definition) is 2. The third-order valence-corrected chi connectivity index (χ3v) is 7.23. The Morgan fingerprint density at radius 3 is 2.51 bits per heavy atom. The molecule has 0 unspecified atom stereocenters. The van der Waals surface area contributed by atoms with Crippen molar-refractivity contribution in [2.75, 3.05) is 42.9 Å². The van der Waals surface area contributed by atoms with Crippen LogP contribution >= 0.6 is 0 Å². The largest absolute Gasteiger partial charge is 0.352 e. The van der Waals surface area contributed by atoms with Gasteiger partial charge < -0.3 is 15.2 Å². The van der Waals surface area contributed by atoms with Crippen molar-refractivity contribution >= 4 is 39.3 Å². The highest BCUT2D eigenvalue weighted by molar-refractivity contribution is 6.09. The van der Waals surface area contributed by atoms with Gasteiger partial charge in [-0.15, -0.1) is 0 Å². The van der Waals surface area contributed by atoms with Crippen molar-refractivity contribution in [3.05, 3.63) is 95.8 Å². The van der Waals surface area contributed by atoms with Gasteiger partial charge in [-0.3, -0.25) is 9.69 Å². The Balaban J connectivity index is 1.13. The smallest absolute Gasteiger partial charge is 0.228 e. The Hall–Kier alpha value is -4.37. The van der Waals surface area contributed by atoms with Crippen molar-refractivity contribution in [1.82, 2.24) is 19.9 Å². The van der Waals surface area contributed by atoms with Crippen LogP contribution < -0.4 is 10.2 Å². The lowest BCUT2D eigenvalue weighted by Gasteiger charge is -2.35. The van der Waals surface area contributed by atoms with Crippen molar-refractivity contribution in [2.45, 2.75) is 12.8 Å². The molecule has 3 heterocycles. The van der Waals surface area contributed by atoms with Gasteiger partial charge in [0.15, 0.2) is 17.5 Å². The zero-order valence-electron chi connectivity index (χ0n) is 21.3. The summed E-state index contributed by atoms with van der Waals surface area (Å²) in [7, 11) is 0. The SMILES string of the molecule is O=C(Cc1ccccc1)Nc1ccc2[nH]c3c(N4CCN(CCc5ccc(F)c(F)c5)CC4)ncnc3c2c1. The molecule has 0 saturated carbocycles. The van der Waals surface area contributed by atoms with Gasteiger partial charge in [0, 0.05) is 49.3 Å². The van der Waals surface area contributed by atoms with E-state index in [1.165, 1.54) is 12.1 Å². The molecule has 9 heteroatoms. The van der Waals surface area contributed by atoms with E-state index in [1.807, 2.05) is 48.5 Å². The Kier molecular flexibility index (Phi) is 6.89. The zero-order chi connectivity index (χ0) is 26.8. The molecule has 1 saturated heterocycles. The number of amides is 1. The number of aromatic amines is 1. The number of carbonyl (C=O) groups excluding carboxylic acids is 1. The summed E-state index contributed by atoms with van der Waals surface area (Å²) in [6, 6.07) is 19.6. The molecule has 0 spiro atoms. The van der Waals surface area contributed by atoms with Crippen LogP contribution in [-0.4, -0.2) is 58.5 Å². The predicted octanol–water partition coefficient (Wildman–Crippen LogP) is 4.94. The number of rotatable bonds is 7. The average Bonchev–Trinajstić information content (AvgIpc) is 3.33. The first-order valence-corrected chi connectivity index (χ1v) is 13.0. The van der Waals surface area contributed by atoms with Crippen LogP contribution in [0.3, 0.4) is 0 Å². The standard InChI is InChI=1S/C30H28F2N6O/c31-24-8-6-21(16-25(24)32)10-11-37-12-14-38(15-13-37)30-29-28(33-19-34-30)23-18-22(7-9-26(23)36-29)35-27(39)17-20-4-2-1-3-5-20/h1-9,16,18-19,36H,10-15,17H2,(H,35,39). The summed E-state index contributed by atoms with van der Waals surface area (Å²) >= 11 is 0. The van der Waals surface area contributed by atoms with Crippen LogP contribution in [0.4, 0.5) is 20.3 Å². The van der Waals surface area contributed by atoms with E-state index in [0.717, 1.165) is 77.3 Å². The molecule has 1 amide bonds. The summed E-state index contributed by atoms with van der Waals surface area (Å²) in [6.07, 6.45) is 2.56. The van der Waals surface area contributed by atoms with E-state index in [2.05, 4.69) is 30.1 Å². The van der Waals surface area contributed by atoms with Crippen LogP contribution in [0.15, 0.2) is 73.1 Å². The van der Waals surface area contributed by atoms with Crippen molar-refractivity contribution in [2.24, 2.45) is 0 Å². The lowest BCUT2D eigenvalue weighted by molar-refractivity contribution is -0.115. The molecule has 0 aliphatic carbocycles. The van der Waals surface area contributed by atoms with Gasteiger partial charge in [-0.2, -0.15) is 0 Å². The molecule has 2 N–H and O–H groups in total. The summed E-state index contributed by atoms with van der Waals surface area (Å²) in [5, 5.41) is 3.93. The normalized spacial score (nSPS) is 14.3. The molecular weight excluding hydrogens is 498 g/mol. The number of aromatic nitrogens is 3.